The summed E-state index contributed by atoms with van der Waals surface area (Å²) in [6.07, 6.45) is 3.34. The van der Waals surface area contributed by atoms with Crippen molar-refractivity contribution >= 4 is 35.0 Å². The molecule has 1 fully saturated rings. The van der Waals surface area contributed by atoms with Crippen molar-refractivity contribution in [2.75, 3.05) is 5.75 Å². The van der Waals surface area contributed by atoms with Crippen molar-refractivity contribution in [3.63, 3.8) is 0 Å². The van der Waals surface area contributed by atoms with Gasteiger partial charge < -0.3 is 10.4 Å². The SMILES string of the molecule is Cc1nc(CSCC(=O)NC2CCCCC2C(=O)O)cs1. The van der Waals surface area contributed by atoms with Crippen molar-refractivity contribution < 1.29 is 14.7 Å². The highest BCUT2D eigenvalue weighted by molar-refractivity contribution is 7.99. The van der Waals surface area contributed by atoms with E-state index in [0.717, 1.165) is 30.0 Å². The maximum Gasteiger partial charge on any atom is 0.308 e. The molecule has 1 heterocycles. The monoisotopic (exact) mass is 328 g/mol. The first kappa shape index (κ1) is 16.3. The second kappa shape index (κ2) is 7.79. The lowest BCUT2D eigenvalue weighted by molar-refractivity contribution is -0.144. The van der Waals surface area contributed by atoms with Gasteiger partial charge in [-0.05, 0) is 19.8 Å². The van der Waals surface area contributed by atoms with Gasteiger partial charge in [-0.25, -0.2) is 4.98 Å². The molecule has 0 aliphatic heterocycles. The molecule has 1 saturated carbocycles. The summed E-state index contributed by atoms with van der Waals surface area (Å²) in [5, 5.41) is 15.1. The lowest BCUT2D eigenvalue weighted by Gasteiger charge is -2.29. The number of amides is 1. The van der Waals surface area contributed by atoms with Gasteiger partial charge in [0.1, 0.15) is 0 Å². The highest BCUT2D eigenvalue weighted by Crippen LogP contribution is 2.25. The molecule has 21 heavy (non-hydrogen) atoms. The third-order valence-electron chi connectivity index (χ3n) is 3.58. The zero-order chi connectivity index (χ0) is 15.2. The summed E-state index contributed by atoms with van der Waals surface area (Å²) < 4.78 is 0. The van der Waals surface area contributed by atoms with Gasteiger partial charge in [0.2, 0.25) is 5.91 Å². The second-order valence-electron chi connectivity index (χ2n) is 5.25. The fraction of sp³-hybridized carbons (Fsp3) is 0.643. The lowest BCUT2D eigenvalue weighted by Crippen LogP contribution is -2.45. The molecule has 0 aromatic carbocycles. The molecule has 2 unspecified atom stereocenters. The van der Waals surface area contributed by atoms with Crippen molar-refractivity contribution in [3.8, 4) is 0 Å². The Kier molecular flexibility index (Phi) is 6.05. The van der Waals surface area contributed by atoms with Gasteiger partial charge in [-0.2, -0.15) is 0 Å². The average molecular weight is 328 g/mol. The number of carboxylic acids is 1. The quantitative estimate of drug-likeness (QED) is 0.838. The summed E-state index contributed by atoms with van der Waals surface area (Å²) in [5.41, 5.74) is 0.997. The van der Waals surface area contributed by atoms with E-state index in [4.69, 9.17) is 0 Å². The number of aryl methyl sites for hydroxylation is 1. The summed E-state index contributed by atoms with van der Waals surface area (Å²) in [4.78, 5) is 27.5. The number of nitrogens with zero attached hydrogens (tertiary/aromatic N) is 1. The van der Waals surface area contributed by atoms with Crippen LogP contribution in [-0.2, 0) is 15.3 Å². The second-order valence-corrected chi connectivity index (χ2v) is 7.30. The molecular formula is C14H20N2O3S2. The van der Waals surface area contributed by atoms with Crippen LogP contribution in [0.4, 0.5) is 0 Å². The van der Waals surface area contributed by atoms with E-state index in [9.17, 15) is 14.7 Å². The van der Waals surface area contributed by atoms with Crippen molar-refractivity contribution in [2.45, 2.75) is 44.4 Å². The number of nitrogens with one attached hydrogen (secondary N) is 1. The normalized spacial score (nSPS) is 22.0. The molecule has 1 aromatic heterocycles. The number of thiazole rings is 1. The Morgan fingerprint density at radius 2 is 2.24 bits per heavy atom. The highest BCUT2D eigenvalue weighted by atomic mass is 32.2. The minimum atomic E-state index is -0.800. The fourth-order valence-electron chi connectivity index (χ4n) is 2.57. The molecule has 7 heteroatoms. The van der Waals surface area contributed by atoms with Crippen LogP contribution in [0.3, 0.4) is 0 Å². The van der Waals surface area contributed by atoms with Crippen LogP contribution in [0.2, 0.25) is 0 Å². The van der Waals surface area contributed by atoms with E-state index in [2.05, 4.69) is 10.3 Å². The first-order valence-corrected chi connectivity index (χ1v) is 9.10. The van der Waals surface area contributed by atoms with Crippen LogP contribution in [0.1, 0.15) is 36.4 Å². The minimum Gasteiger partial charge on any atom is -0.481 e. The summed E-state index contributed by atoms with van der Waals surface area (Å²) >= 11 is 3.12. The summed E-state index contributed by atoms with van der Waals surface area (Å²) in [5.74, 6) is -0.255. The van der Waals surface area contributed by atoms with E-state index in [1.165, 1.54) is 11.8 Å². The molecule has 2 atom stereocenters. The van der Waals surface area contributed by atoms with Crippen LogP contribution >= 0.6 is 23.1 Å². The van der Waals surface area contributed by atoms with Gasteiger partial charge in [-0.3, -0.25) is 9.59 Å². The van der Waals surface area contributed by atoms with Gasteiger partial charge in [0, 0.05) is 17.2 Å². The van der Waals surface area contributed by atoms with Crippen molar-refractivity contribution in [1.82, 2.24) is 10.3 Å². The number of aliphatic carboxylic acids is 1. The van der Waals surface area contributed by atoms with Crippen LogP contribution in [0.5, 0.6) is 0 Å². The Morgan fingerprint density at radius 3 is 2.90 bits per heavy atom. The average Bonchev–Trinajstić information content (AvgIpc) is 2.85. The molecule has 5 nitrogen and oxygen atoms in total. The lowest BCUT2D eigenvalue weighted by atomic mass is 9.84. The number of hydrogen-bond acceptors (Lipinski definition) is 5. The van der Waals surface area contributed by atoms with Gasteiger partial charge in [-0.1, -0.05) is 12.8 Å². The van der Waals surface area contributed by atoms with E-state index in [1.807, 2.05) is 12.3 Å². The predicted molar refractivity (Wildman–Crippen MR) is 84.5 cm³/mol. The Hall–Kier alpha value is -1.08. The van der Waals surface area contributed by atoms with Crippen LogP contribution in [-0.4, -0.2) is 33.8 Å². The summed E-state index contributed by atoms with van der Waals surface area (Å²) in [7, 11) is 0. The largest absolute Gasteiger partial charge is 0.481 e. The van der Waals surface area contributed by atoms with E-state index in [-0.39, 0.29) is 11.9 Å². The van der Waals surface area contributed by atoms with Gasteiger partial charge >= 0.3 is 5.97 Å². The molecule has 0 spiro atoms. The summed E-state index contributed by atoms with van der Waals surface area (Å²) in [6.45, 7) is 1.96. The van der Waals surface area contributed by atoms with E-state index in [1.54, 1.807) is 11.3 Å². The highest BCUT2D eigenvalue weighted by Gasteiger charge is 2.31. The molecule has 116 valence electrons. The molecular weight excluding hydrogens is 308 g/mol. The molecule has 1 aliphatic rings. The molecule has 1 aromatic rings. The number of aromatic nitrogens is 1. The van der Waals surface area contributed by atoms with Crippen molar-refractivity contribution in [3.05, 3.63) is 16.1 Å². The standard InChI is InChI=1S/C14H20N2O3S2/c1-9-15-10(7-21-9)6-20-8-13(17)16-12-5-3-2-4-11(12)14(18)19/h7,11-12H,2-6,8H2,1H3,(H,16,17)(H,18,19). The van der Waals surface area contributed by atoms with Crippen molar-refractivity contribution in [2.24, 2.45) is 5.92 Å². The van der Waals surface area contributed by atoms with E-state index in [0.29, 0.717) is 17.9 Å². The Morgan fingerprint density at radius 1 is 1.48 bits per heavy atom. The molecule has 0 bridgehead atoms. The Labute approximate surface area is 132 Å². The molecule has 1 aliphatic carbocycles. The van der Waals surface area contributed by atoms with Gasteiger partial charge in [-0.15, -0.1) is 23.1 Å². The van der Waals surface area contributed by atoms with Crippen LogP contribution in [0, 0.1) is 12.8 Å². The topological polar surface area (TPSA) is 79.3 Å². The first-order valence-electron chi connectivity index (χ1n) is 7.07. The fourth-order valence-corrected chi connectivity index (χ4v) is 4.02. The maximum absolute atomic E-state index is 11.9. The number of hydrogen-bond donors (Lipinski definition) is 2. The third-order valence-corrected chi connectivity index (χ3v) is 5.37. The van der Waals surface area contributed by atoms with Crippen LogP contribution < -0.4 is 5.32 Å². The number of carbonyl (C=O) groups excluding carboxylic acids is 1. The van der Waals surface area contributed by atoms with Gasteiger partial charge in [0.15, 0.2) is 0 Å². The minimum absolute atomic E-state index is 0.0786. The van der Waals surface area contributed by atoms with Crippen LogP contribution in [0.15, 0.2) is 5.38 Å². The predicted octanol–water partition coefficient (Wildman–Crippen LogP) is 2.44. The molecule has 2 rings (SSSR count). The maximum atomic E-state index is 11.9. The number of thioether (sulfide) groups is 1. The Balaban J connectivity index is 1.74. The Bertz CT molecular complexity index is 504. The number of carboxylic acid groups (broad SMARTS) is 1. The van der Waals surface area contributed by atoms with Crippen molar-refractivity contribution in [1.29, 1.82) is 0 Å². The van der Waals surface area contributed by atoms with Gasteiger partial charge in [0.25, 0.3) is 0 Å². The number of carbonyl (C=O) groups is 2. The zero-order valence-electron chi connectivity index (χ0n) is 12.0. The molecule has 0 radical (unpaired) electrons. The summed E-state index contributed by atoms with van der Waals surface area (Å²) in [6, 6.07) is -0.217. The van der Waals surface area contributed by atoms with E-state index >= 15 is 0 Å². The molecule has 0 saturated heterocycles. The first-order chi connectivity index (χ1) is 10.1. The molecule has 1 amide bonds. The number of rotatable bonds is 6. The van der Waals surface area contributed by atoms with Gasteiger partial charge in [0.05, 0.1) is 22.4 Å². The molecule has 2 N–H and O–H groups in total. The van der Waals surface area contributed by atoms with Crippen LogP contribution in [0.25, 0.3) is 0 Å². The zero-order valence-corrected chi connectivity index (χ0v) is 13.6. The van der Waals surface area contributed by atoms with E-state index < -0.39 is 11.9 Å². The third kappa shape index (κ3) is 5.00. The smallest absolute Gasteiger partial charge is 0.308 e.